The van der Waals surface area contributed by atoms with Crippen molar-refractivity contribution in [1.29, 1.82) is 0 Å². The van der Waals surface area contributed by atoms with Gasteiger partial charge in [-0.1, -0.05) is 54.6 Å². The number of carbonyl (C=O) groups is 2. The fraction of sp³-hybridized carbons (Fsp3) is 0.217. The number of nitrogens with zero attached hydrogens (tertiary/aromatic N) is 1. The maximum absolute atomic E-state index is 13.1. The molecule has 0 N–H and O–H groups in total. The van der Waals surface area contributed by atoms with Gasteiger partial charge in [0, 0.05) is 19.4 Å². The topological polar surface area (TPSA) is 59.8 Å². The molecule has 1 aliphatic rings. The average molecular weight is 375 g/mol. The van der Waals surface area contributed by atoms with E-state index in [1.165, 1.54) is 0 Å². The molecule has 1 atom stereocenters. The van der Waals surface area contributed by atoms with E-state index in [9.17, 15) is 9.59 Å². The van der Waals surface area contributed by atoms with E-state index in [0.717, 1.165) is 16.7 Å². The molecular formula is C23H21NO4. The second-order valence-electron chi connectivity index (χ2n) is 6.81. The fourth-order valence-corrected chi connectivity index (χ4v) is 3.47. The van der Waals surface area contributed by atoms with E-state index in [1.54, 1.807) is 17.2 Å². The van der Waals surface area contributed by atoms with Gasteiger partial charge >= 0.3 is 5.97 Å². The standard InChI is InChI=1S/C23H21NO4/c25-22-13-12-21(28-22)23(26)24(16-19-10-6-14-27-19)15-18-9-4-5-11-20(18)17-7-2-1-3-8-17/h1-11,14,21H,12-13,15-16H2/t21-/m0/s1. The average Bonchev–Trinajstić information content (AvgIpc) is 3.40. The van der Waals surface area contributed by atoms with Gasteiger partial charge in [0.15, 0.2) is 6.10 Å². The lowest BCUT2D eigenvalue weighted by atomic mass is 9.99. The number of carbonyl (C=O) groups excluding carboxylic acids is 2. The Balaban J connectivity index is 1.63. The smallest absolute Gasteiger partial charge is 0.306 e. The first-order chi connectivity index (χ1) is 13.7. The van der Waals surface area contributed by atoms with Crippen molar-refractivity contribution in [2.45, 2.75) is 32.0 Å². The van der Waals surface area contributed by atoms with E-state index < -0.39 is 6.10 Å². The zero-order valence-electron chi connectivity index (χ0n) is 15.4. The van der Waals surface area contributed by atoms with Crippen LogP contribution in [0.3, 0.4) is 0 Å². The summed E-state index contributed by atoms with van der Waals surface area (Å²) in [5.41, 5.74) is 3.19. The molecule has 0 radical (unpaired) electrons. The second-order valence-corrected chi connectivity index (χ2v) is 6.81. The summed E-state index contributed by atoms with van der Waals surface area (Å²) in [5, 5.41) is 0. The molecule has 3 aromatic rings. The predicted molar refractivity (Wildman–Crippen MR) is 104 cm³/mol. The minimum absolute atomic E-state index is 0.190. The lowest BCUT2D eigenvalue weighted by molar-refractivity contribution is -0.153. The van der Waals surface area contributed by atoms with Gasteiger partial charge in [-0.3, -0.25) is 9.59 Å². The third kappa shape index (κ3) is 3.98. The maximum Gasteiger partial charge on any atom is 0.306 e. The van der Waals surface area contributed by atoms with Gasteiger partial charge in [0.05, 0.1) is 12.8 Å². The predicted octanol–water partition coefficient (Wildman–Crippen LogP) is 4.18. The Hall–Kier alpha value is -3.34. The minimum Gasteiger partial charge on any atom is -0.467 e. The van der Waals surface area contributed by atoms with Crippen LogP contribution in [0.2, 0.25) is 0 Å². The molecule has 0 spiro atoms. The summed E-state index contributed by atoms with van der Waals surface area (Å²) in [5.74, 6) is 0.181. The minimum atomic E-state index is -0.716. The van der Waals surface area contributed by atoms with Crippen LogP contribution in [0.1, 0.15) is 24.2 Å². The van der Waals surface area contributed by atoms with Gasteiger partial charge in [-0.25, -0.2) is 0 Å². The molecule has 0 aliphatic carbocycles. The molecule has 5 heteroatoms. The van der Waals surface area contributed by atoms with Gasteiger partial charge in [0.25, 0.3) is 5.91 Å². The quantitative estimate of drug-likeness (QED) is 0.607. The number of esters is 1. The van der Waals surface area contributed by atoms with E-state index in [2.05, 4.69) is 18.2 Å². The van der Waals surface area contributed by atoms with Crippen molar-refractivity contribution < 1.29 is 18.7 Å². The molecular weight excluding hydrogens is 354 g/mol. The van der Waals surface area contributed by atoms with Crippen LogP contribution in [0, 0.1) is 0 Å². The molecule has 0 bridgehead atoms. The Kier molecular flexibility index (Phi) is 5.24. The molecule has 5 nitrogen and oxygen atoms in total. The van der Waals surface area contributed by atoms with Crippen molar-refractivity contribution in [1.82, 2.24) is 4.90 Å². The highest BCUT2D eigenvalue weighted by molar-refractivity contribution is 5.86. The number of hydrogen-bond acceptors (Lipinski definition) is 4. The van der Waals surface area contributed by atoms with Gasteiger partial charge in [-0.05, 0) is 28.8 Å². The number of hydrogen-bond donors (Lipinski definition) is 0. The largest absolute Gasteiger partial charge is 0.467 e. The van der Waals surface area contributed by atoms with Gasteiger partial charge in [-0.2, -0.15) is 0 Å². The highest BCUT2D eigenvalue weighted by atomic mass is 16.6. The summed E-state index contributed by atoms with van der Waals surface area (Å²) in [4.78, 5) is 26.3. The van der Waals surface area contributed by atoms with Crippen molar-refractivity contribution in [2.24, 2.45) is 0 Å². The van der Waals surface area contributed by atoms with Crippen LogP contribution in [0.4, 0.5) is 0 Å². The highest BCUT2D eigenvalue weighted by Gasteiger charge is 2.33. The summed E-state index contributed by atoms with van der Waals surface area (Å²) >= 11 is 0. The van der Waals surface area contributed by atoms with Gasteiger partial charge in [0.2, 0.25) is 0 Å². The third-order valence-corrected chi connectivity index (χ3v) is 4.86. The first kappa shape index (κ1) is 18.0. The van der Waals surface area contributed by atoms with Crippen LogP contribution >= 0.6 is 0 Å². The summed E-state index contributed by atoms with van der Waals surface area (Å²) in [6, 6.07) is 21.7. The summed E-state index contributed by atoms with van der Waals surface area (Å²) in [7, 11) is 0. The Labute approximate surface area is 163 Å². The molecule has 4 rings (SSSR count). The van der Waals surface area contributed by atoms with Crippen molar-refractivity contribution in [2.75, 3.05) is 0 Å². The number of rotatable bonds is 6. The Morgan fingerprint density at radius 3 is 2.46 bits per heavy atom. The summed E-state index contributed by atoms with van der Waals surface area (Å²) < 4.78 is 10.7. The molecule has 0 unspecified atom stereocenters. The number of benzene rings is 2. The second kappa shape index (κ2) is 8.13. The zero-order valence-corrected chi connectivity index (χ0v) is 15.4. The molecule has 0 saturated carbocycles. The number of cyclic esters (lactones) is 1. The monoisotopic (exact) mass is 375 g/mol. The van der Waals surface area contributed by atoms with Crippen molar-refractivity contribution >= 4 is 11.9 Å². The lowest BCUT2D eigenvalue weighted by Crippen LogP contribution is -2.38. The fourth-order valence-electron chi connectivity index (χ4n) is 3.47. The van der Waals surface area contributed by atoms with Gasteiger partial charge in [0.1, 0.15) is 5.76 Å². The van der Waals surface area contributed by atoms with Crippen LogP contribution in [0.15, 0.2) is 77.4 Å². The number of amides is 1. The van der Waals surface area contributed by atoms with E-state index in [1.807, 2.05) is 42.5 Å². The molecule has 1 amide bonds. The summed E-state index contributed by atoms with van der Waals surface area (Å²) in [6.07, 6.45) is 1.58. The Bertz CT molecular complexity index is 950. The van der Waals surface area contributed by atoms with Crippen molar-refractivity contribution in [3.05, 3.63) is 84.3 Å². The lowest BCUT2D eigenvalue weighted by Gasteiger charge is -2.25. The van der Waals surface area contributed by atoms with Crippen LogP contribution in [-0.4, -0.2) is 22.9 Å². The first-order valence-electron chi connectivity index (χ1n) is 9.34. The Morgan fingerprint density at radius 1 is 0.964 bits per heavy atom. The van der Waals surface area contributed by atoms with E-state index in [0.29, 0.717) is 25.3 Å². The molecule has 1 aliphatic heterocycles. The van der Waals surface area contributed by atoms with E-state index >= 15 is 0 Å². The molecule has 142 valence electrons. The van der Waals surface area contributed by atoms with Crippen LogP contribution in [-0.2, 0) is 27.4 Å². The molecule has 1 fully saturated rings. The molecule has 1 saturated heterocycles. The van der Waals surface area contributed by atoms with Crippen LogP contribution in [0.25, 0.3) is 11.1 Å². The summed E-state index contributed by atoms with van der Waals surface area (Å²) in [6.45, 7) is 0.724. The van der Waals surface area contributed by atoms with Gasteiger partial charge < -0.3 is 14.1 Å². The van der Waals surface area contributed by atoms with Gasteiger partial charge in [-0.15, -0.1) is 0 Å². The first-order valence-corrected chi connectivity index (χ1v) is 9.34. The van der Waals surface area contributed by atoms with E-state index in [4.69, 9.17) is 9.15 Å². The zero-order chi connectivity index (χ0) is 19.3. The van der Waals surface area contributed by atoms with Crippen molar-refractivity contribution in [3.8, 4) is 11.1 Å². The Morgan fingerprint density at radius 2 is 1.75 bits per heavy atom. The maximum atomic E-state index is 13.1. The van der Waals surface area contributed by atoms with E-state index in [-0.39, 0.29) is 18.3 Å². The normalized spacial score (nSPS) is 16.0. The SMILES string of the molecule is O=C1CC[C@@H](C(=O)N(Cc2ccco2)Cc2ccccc2-c2ccccc2)O1. The molecule has 2 heterocycles. The van der Waals surface area contributed by atoms with Crippen molar-refractivity contribution in [3.63, 3.8) is 0 Å². The van der Waals surface area contributed by atoms with Crippen LogP contribution in [0.5, 0.6) is 0 Å². The number of ether oxygens (including phenoxy) is 1. The number of furan rings is 1. The van der Waals surface area contributed by atoms with Crippen LogP contribution < -0.4 is 0 Å². The third-order valence-electron chi connectivity index (χ3n) is 4.86. The molecule has 28 heavy (non-hydrogen) atoms. The molecule has 2 aromatic carbocycles. The molecule has 1 aromatic heterocycles. The highest BCUT2D eigenvalue weighted by Crippen LogP contribution is 2.26.